The van der Waals surface area contributed by atoms with Crippen molar-refractivity contribution in [3.05, 3.63) is 27.1 Å². The molecule has 0 spiro atoms. The molecule has 0 aromatic carbocycles. The van der Waals surface area contributed by atoms with Crippen molar-refractivity contribution in [3.63, 3.8) is 0 Å². The van der Waals surface area contributed by atoms with Crippen LogP contribution in [0.2, 0.25) is 0 Å². The second kappa shape index (κ2) is 4.87. The zero-order chi connectivity index (χ0) is 13.4. The number of anilines is 1. The van der Waals surface area contributed by atoms with Gasteiger partial charge in [-0.2, -0.15) is 9.61 Å². The van der Waals surface area contributed by atoms with Crippen molar-refractivity contribution in [2.75, 3.05) is 5.73 Å². The number of hydrogen-bond donors (Lipinski definition) is 1. The number of aromatic nitrogens is 5. The van der Waals surface area contributed by atoms with E-state index in [-0.39, 0.29) is 5.56 Å². The molecule has 3 heterocycles. The van der Waals surface area contributed by atoms with Gasteiger partial charge in [-0.1, -0.05) is 34.4 Å². The Bertz CT molecular complexity index is 791. The Hall–Kier alpha value is -1.52. The molecule has 0 aliphatic carbocycles. The van der Waals surface area contributed by atoms with E-state index in [0.717, 1.165) is 9.35 Å². The number of nitrogen functional groups attached to an aromatic ring is 1. The summed E-state index contributed by atoms with van der Waals surface area (Å²) in [5.41, 5.74) is 6.05. The van der Waals surface area contributed by atoms with Gasteiger partial charge in [0.2, 0.25) is 10.1 Å². The second-order valence-electron chi connectivity index (χ2n) is 3.62. The van der Waals surface area contributed by atoms with Crippen molar-refractivity contribution in [2.45, 2.75) is 17.0 Å². The fourth-order valence-electron chi connectivity index (χ4n) is 1.42. The molecule has 0 saturated heterocycles. The lowest BCUT2D eigenvalue weighted by Gasteiger charge is -1.90. The van der Waals surface area contributed by atoms with E-state index in [9.17, 15) is 4.79 Å². The van der Waals surface area contributed by atoms with Gasteiger partial charge in [0, 0.05) is 11.8 Å². The first-order valence-corrected chi connectivity index (χ1v) is 7.82. The Balaban J connectivity index is 1.85. The van der Waals surface area contributed by atoms with Crippen LogP contribution in [0.1, 0.15) is 10.7 Å². The molecule has 98 valence electrons. The zero-order valence-electron chi connectivity index (χ0n) is 9.73. The van der Waals surface area contributed by atoms with Crippen molar-refractivity contribution in [3.8, 4) is 0 Å². The standard InChI is InChI=1S/C9H8N6OS3/c1-4-2-6(16)15-8(11-4)18-5(14-15)3-17-9-13-12-7(10)19-9/h2H,3H2,1H3,(H2,10,12). The summed E-state index contributed by atoms with van der Waals surface area (Å²) >= 11 is 4.22. The maximum atomic E-state index is 11.7. The molecule has 0 fully saturated rings. The summed E-state index contributed by atoms with van der Waals surface area (Å²) in [6.07, 6.45) is 0. The molecular formula is C9H8N6OS3. The van der Waals surface area contributed by atoms with Gasteiger partial charge < -0.3 is 5.73 Å². The third-order valence-electron chi connectivity index (χ3n) is 2.16. The number of aryl methyl sites for hydroxylation is 1. The molecule has 0 aliphatic heterocycles. The van der Waals surface area contributed by atoms with E-state index in [2.05, 4.69) is 20.3 Å². The number of thioether (sulfide) groups is 1. The largest absolute Gasteiger partial charge is 0.374 e. The summed E-state index contributed by atoms with van der Waals surface area (Å²) in [5, 5.41) is 13.2. The van der Waals surface area contributed by atoms with Crippen LogP contribution >= 0.6 is 34.4 Å². The number of rotatable bonds is 3. The van der Waals surface area contributed by atoms with E-state index in [1.54, 1.807) is 6.92 Å². The first-order valence-electron chi connectivity index (χ1n) is 5.20. The molecule has 0 aliphatic rings. The van der Waals surface area contributed by atoms with Gasteiger partial charge >= 0.3 is 0 Å². The summed E-state index contributed by atoms with van der Waals surface area (Å²) in [6.45, 7) is 1.79. The molecule has 0 unspecified atom stereocenters. The first kappa shape index (κ1) is 12.5. The summed E-state index contributed by atoms with van der Waals surface area (Å²) in [7, 11) is 0. The molecule has 19 heavy (non-hydrogen) atoms. The van der Waals surface area contributed by atoms with Crippen LogP contribution in [0.25, 0.3) is 4.96 Å². The Kier molecular flexibility index (Phi) is 3.21. The lowest BCUT2D eigenvalue weighted by Crippen LogP contribution is -2.14. The monoisotopic (exact) mass is 312 g/mol. The number of hydrogen-bond acceptors (Lipinski definition) is 9. The average Bonchev–Trinajstić information content (AvgIpc) is 2.92. The highest BCUT2D eigenvalue weighted by atomic mass is 32.2. The zero-order valence-corrected chi connectivity index (χ0v) is 12.2. The molecule has 3 aromatic heterocycles. The highest BCUT2D eigenvalue weighted by Crippen LogP contribution is 2.27. The van der Waals surface area contributed by atoms with Gasteiger partial charge in [-0.25, -0.2) is 4.98 Å². The van der Waals surface area contributed by atoms with E-state index >= 15 is 0 Å². The molecule has 0 bridgehead atoms. The maximum absolute atomic E-state index is 11.7. The minimum Gasteiger partial charge on any atom is -0.374 e. The van der Waals surface area contributed by atoms with Crippen LogP contribution in [-0.4, -0.2) is 24.8 Å². The van der Waals surface area contributed by atoms with Crippen molar-refractivity contribution in [1.82, 2.24) is 24.8 Å². The lowest BCUT2D eigenvalue weighted by molar-refractivity contribution is 0.870. The predicted molar refractivity (Wildman–Crippen MR) is 75.8 cm³/mol. The van der Waals surface area contributed by atoms with Gasteiger partial charge in [-0.05, 0) is 6.92 Å². The van der Waals surface area contributed by atoms with E-state index in [4.69, 9.17) is 5.73 Å². The van der Waals surface area contributed by atoms with Crippen molar-refractivity contribution in [1.29, 1.82) is 0 Å². The molecule has 3 aromatic rings. The van der Waals surface area contributed by atoms with Gasteiger partial charge in [0.1, 0.15) is 5.01 Å². The topological polar surface area (TPSA) is 99.1 Å². The van der Waals surface area contributed by atoms with Gasteiger partial charge in [0.05, 0.1) is 5.75 Å². The third kappa shape index (κ3) is 2.60. The van der Waals surface area contributed by atoms with Gasteiger partial charge in [0.15, 0.2) is 4.34 Å². The Morgan fingerprint density at radius 3 is 3.00 bits per heavy atom. The average molecular weight is 312 g/mol. The van der Waals surface area contributed by atoms with Crippen LogP contribution in [0.5, 0.6) is 0 Å². The molecule has 0 amide bonds. The molecule has 0 radical (unpaired) electrons. The second-order valence-corrected chi connectivity index (χ2v) is 6.89. The minimum absolute atomic E-state index is 0.157. The summed E-state index contributed by atoms with van der Waals surface area (Å²) in [4.78, 5) is 16.6. The molecule has 0 saturated carbocycles. The predicted octanol–water partition coefficient (Wildman–Crippen LogP) is 1.19. The van der Waals surface area contributed by atoms with Crippen LogP contribution in [-0.2, 0) is 5.75 Å². The SMILES string of the molecule is Cc1cc(=O)n2nc(CSc3nnc(N)s3)sc2n1. The summed E-state index contributed by atoms with van der Waals surface area (Å²) in [6, 6.07) is 1.47. The van der Waals surface area contributed by atoms with E-state index in [1.807, 2.05) is 0 Å². The fourth-order valence-corrected chi connectivity index (χ4v) is 3.99. The fraction of sp³-hybridized carbons (Fsp3) is 0.222. The van der Waals surface area contributed by atoms with Crippen molar-refractivity contribution >= 4 is 44.5 Å². The first-order chi connectivity index (χ1) is 9.11. The summed E-state index contributed by atoms with van der Waals surface area (Å²) in [5.74, 6) is 0.612. The van der Waals surface area contributed by atoms with E-state index in [0.29, 0.717) is 21.5 Å². The quantitative estimate of drug-likeness (QED) is 0.725. The number of fused-ring (bicyclic) bond motifs is 1. The smallest absolute Gasteiger partial charge is 0.275 e. The Morgan fingerprint density at radius 2 is 2.26 bits per heavy atom. The lowest BCUT2D eigenvalue weighted by atomic mass is 10.5. The maximum Gasteiger partial charge on any atom is 0.275 e. The van der Waals surface area contributed by atoms with Crippen LogP contribution in [0.15, 0.2) is 15.2 Å². The molecular weight excluding hydrogens is 304 g/mol. The van der Waals surface area contributed by atoms with Crippen LogP contribution in [0, 0.1) is 6.92 Å². The van der Waals surface area contributed by atoms with Gasteiger partial charge in [0.25, 0.3) is 5.56 Å². The normalized spacial score (nSPS) is 11.2. The van der Waals surface area contributed by atoms with Crippen LogP contribution < -0.4 is 11.3 Å². The van der Waals surface area contributed by atoms with E-state index < -0.39 is 0 Å². The van der Waals surface area contributed by atoms with Crippen molar-refractivity contribution < 1.29 is 0 Å². The Morgan fingerprint density at radius 1 is 1.42 bits per heavy atom. The molecule has 10 heteroatoms. The highest BCUT2D eigenvalue weighted by molar-refractivity contribution is 8.00. The van der Waals surface area contributed by atoms with Crippen LogP contribution in [0.3, 0.4) is 0 Å². The molecule has 7 nitrogen and oxygen atoms in total. The molecule has 0 atom stereocenters. The van der Waals surface area contributed by atoms with Crippen LogP contribution in [0.4, 0.5) is 5.13 Å². The highest BCUT2D eigenvalue weighted by Gasteiger charge is 2.09. The molecule has 3 rings (SSSR count). The van der Waals surface area contributed by atoms with Crippen molar-refractivity contribution in [2.24, 2.45) is 0 Å². The third-order valence-corrected chi connectivity index (χ3v) is 5.14. The Labute approximate surface area is 119 Å². The van der Waals surface area contributed by atoms with Gasteiger partial charge in [-0.15, -0.1) is 10.2 Å². The van der Waals surface area contributed by atoms with Gasteiger partial charge in [-0.3, -0.25) is 4.79 Å². The minimum atomic E-state index is -0.157. The number of nitrogens with zero attached hydrogens (tertiary/aromatic N) is 5. The van der Waals surface area contributed by atoms with E-state index in [1.165, 1.54) is 45.0 Å². The summed E-state index contributed by atoms with van der Waals surface area (Å²) < 4.78 is 2.11. The number of nitrogens with two attached hydrogens (primary N) is 1. The molecule has 2 N–H and O–H groups in total.